The van der Waals surface area contributed by atoms with Gasteiger partial charge in [-0.2, -0.15) is 0 Å². The predicted molar refractivity (Wildman–Crippen MR) is 70.9 cm³/mol. The summed E-state index contributed by atoms with van der Waals surface area (Å²) in [5, 5.41) is 11.3. The van der Waals surface area contributed by atoms with Crippen molar-refractivity contribution in [1.29, 1.82) is 0 Å². The molecular formula is C13H18N2O3. The number of nitrogens with one attached hydrogen (secondary N) is 1. The number of para-hydroxylation sites is 2. The normalized spacial score (nSPS) is 9.89. The average molecular weight is 250 g/mol. The Balaban J connectivity index is 2.56. The van der Waals surface area contributed by atoms with E-state index in [-0.39, 0.29) is 18.7 Å². The Hall–Kier alpha value is -2.04. The van der Waals surface area contributed by atoms with Crippen LogP contribution in [0, 0.1) is 0 Å². The quantitative estimate of drug-likeness (QED) is 0.809. The molecule has 0 radical (unpaired) electrons. The summed E-state index contributed by atoms with van der Waals surface area (Å²) in [5.74, 6) is -1.04. The molecule has 5 heteroatoms. The van der Waals surface area contributed by atoms with E-state index in [1.165, 1.54) is 0 Å². The van der Waals surface area contributed by atoms with E-state index in [0.29, 0.717) is 6.42 Å². The minimum absolute atomic E-state index is 0.0166. The highest BCUT2D eigenvalue weighted by molar-refractivity contribution is 5.94. The molecule has 0 bridgehead atoms. The van der Waals surface area contributed by atoms with E-state index in [0.717, 1.165) is 11.4 Å². The standard InChI is InChI=1S/C13H18N2O3/c1-15(2)11-7-4-3-6-10(11)14-12(16)8-5-9-13(17)18/h3-4,6-7H,5,8-9H2,1-2H3,(H,14,16)(H,17,18). The summed E-state index contributed by atoms with van der Waals surface area (Å²) in [4.78, 5) is 23.9. The molecule has 1 rings (SSSR count). The van der Waals surface area contributed by atoms with Crippen molar-refractivity contribution in [2.75, 3.05) is 24.3 Å². The number of benzene rings is 1. The number of carbonyl (C=O) groups excluding carboxylic acids is 1. The number of hydrogen-bond donors (Lipinski definition) is 2. The van der Waals surface area contributed by atoms with Crippen LogP contribution in [0.3, 0.4) is 0 Å². The van der Waals surface area contributed by atoms with Gasteiger partial charge < -0.3 is 15.3 Å². The molecule has 98 valence electrons. The van der Waals surface area contributed by atoms with E-state index < -0.39 is 5.97 Å². The Kier molecular flexibility index (Phi) is 5.17. The first-order valence-electron chi connectivity index (χ1n) is 5.78. The molecular weight excluding hydrogens is 232 g/mol. The smallest absolute Gasteiger partial charge is 0.303 e. The lowest BCUT2D eigenvalue weighted by atomic mass is 10.2. The first-order valence-corrected chi connectivity index (χ1v) is 5.78. The van der Waals surface area contributed by atoms with Crippen LogP contribution in [0.1, 0.15) is 19.3 Å². The molecule has 0 fully saturated rings. The van der Waals surface area contributed by atoms with Gasteiger partial charge in [-0.1, -0.05) is 12.1 Å². The van der Waals surface area contributed by atoms with E-state index in [2.05, 4.69) is 5.32 Å². The summed E-state index contributed by atoms with van der Waals surface area (Å²) in [7, 11) is 3.80. The second-order valence-corrected chi connectivity index (χ2v) is 4.21. The minimum Gasteiger partial charge on any atom is -0.481 e. The molecule has 1 aromatic carbocycles. The zero-order chi connectivity index (χ0) is 13.5. The number of rotatable bonds is 6. The average Bonchev–Trinajstić information content (AvgIpc) is 2.28. The van der Waals surface area contributed by atoms with Crippen LogP contribution in [0.25, 0.3) is 0 Å². The van der Waals surface area contributed by atoms with Gasteiger partial charge in [0.1, 0.15) is 0 Å². The third-order valence-electron chi connectivity index (χ3n) is 2.45. The Morgan fingerprint density at radius 1 is 1.22 bits per heavy atom. The van der Waals surface area contributed by atoms with Gasteiger partial charge in [-0.15, -0.1) is 0 Å². The highest BCUT2D eigenvalue weighted by Crippen LogP contribution is 2.23. The van der Waals surface area contributed by atoms with Gasteiger partial charge in [-0.3, -0.25) is 9.59 Å². The maximum Gasteiger partial charge on any atom is 0.303 e. The molecule has 18 heavy (non-hydrogen) atoms. The highest BCUT2D eigenvalue weighted by Gasteiger charge is 2.08. The summed E-state index contributed by atoms with van der Waals surface area (Å²) in [6.07, 6.45) is 0.585. The largest absolute Gasteiger partial charge is 0.481 e. The van der Waals surface area contributed by atoms with Gasteiger partial charge in [0.25, 0.3) is 0 Å². The van der Waals surface area contributed by atoms with Gasteiger partial charge in [0.05, 0.1) is 11.4 Å². The summed E-state index contributed by atoms with van der Waals surface area (Å²) < 4.78 is 0. The molecule has 0 aliphatic rings. The molecule has 0 heterocycles. The Morgan fingerprint density at radius 3 is 2.50 bits per heavy atom. The number of nitrogens with zero attached hydrogens (tertiary/aromatic N) is 1. The molecule has 2 N–H and O–H groups in total. The van der Waals surface area contributed by atoms with E-state index >= 15 is 0 Å². The van der Waals surface area contributed by atoms with Crippen molar-refractivity contribution in [3.05, 3.63) is 24.3 Å². The van der Waals surface area contributed by atoms with Crippen molar-refractivity contribution in [2.24, 2.45) is 0 Å². The fraction of sp³-hybridized carbons (Fsp3) is 0.385. The molecule has 0 unspecified atom stereocenters. The third kappa shape index (κ3) is 4.45. The van der Waals surface area contributed by atoms with Crippen molar-refractivity contribution < 1.29 is 14.7 Å². The molecule has 0 saturated carbocycles. The van der Waals surface area contributed by atoms with Crippen LogP contribution in [0.4, 0.5) is 11.4 Å². The fourth-order valence-corrected chi connectivity index (χ4v) is 1.58. The van der Waals surface area contributed by atoms with E-state index in [1.54, 1.807) is 0 Å². The molecule has 0 aromatic heterocycles. The number of carboxylic acid groups (broad SMARTS) is 1. The van der Waals surface area contributed by atoms with Crippen molar-refractivity contribution in [1.82, 2.24) is 0 Å². The van der Waals surface area contributed by atoms with Crippen molar-refractivity contribution in [2.45, 2.75) is 19.3 Å². The van der Waals surface area contributed by atoms with E-state index in [1.807, 2.05) is 43.3 Å². The summed E-state index contributed by atoms with van der Waals surface area (Å²) in [6, 6.07) is 7.48. The Labute approximate surface area is 106 Å². The topological polar surface area (TPSA) is 69.6 Å². The van der Waals surface area contributed by atoms with Crippen LogP contribution in [0.5, 0.6) is 0 Å². The van der Waals surface area contributed by atoms with E-state index in [9.17, 15) is 9.59 Å². The minimum atomic E-state index is -0.878. The lowest BCUT2D eigenvalue weighted by molar-refractivity contribution is -0.137. The van der Waals surface area contributed by atoms with Gasteiger partial charge in [-0.05, 0) is 18.6 Å². The Morgan fingerprint density at radius 2 is 1.89 bits per heavy atom. The van der Waals surface area contributed by atoms with E-state index in [4.69, 9.17) is 5.11 Å². The van der Waals surface area contributed by atoms with Crippen LogP contribution in [0.2, 0.25) is 0 Å². The van der Waals surface area contributed by atoms with Gasteiger partial charge in [0.15, 0.2) is 0 Å². The van der Waals surface area contributed by atoms with Crippen LogP contribution < -0.4 is 10.2 Å². The number of amides is 1. The summed E-state index contributed by atoms with van der Waals surface area (Å²) in [5.41, 5.74) is 1.66. The van der Waals surface area contributed by atoms with Crippen LogP contribution in [-0.2, 0) is 9.59 Å². The maximum atomic E-state index is 11.6. The molecule has 0 aliphatic carbocycles. The van der Waals surface area contributed by atoms with Crippen LogP contribution in [0.15, 0.2) is 24.3 Å². The second kappa shape index (κ2) is 6.64. The Bertz CT molecular complexity index is 430. The first-order chi connectivity index (χ1) is 8.50. The number of carboxylic acids is 1. The van der Waals surface area contributed by atoms with Gasteiger partial charge >= 0.3 is 5.97 Å². The van der Waals surface area contributed by atoms with Crippen molar-refractivity contribution in [3.63, 3.8) is 0 Å². The zero-order valence-corrected chi connectivity index (χ0v) is 10.6. The molecule has 0 saturated heterocycles. The number of anilines is 2. The van der Waals surface area contributed by atoms with Crippen LogP contribution in [-0.4, -0.2) is 31.1 Å². The number of carbonyl (C=O) groups is 2. The van der Waals surface area contributed by atoms with Gasteiger partial charge in [-0.25, -0.2) is 0 Å². The van der Waals surface area contributed by atoms with Crippen molar-refractivity contribution >= 4 is 23.3 Å². The zero-order valence-electron chi connectivity index (χ0n) is 10.6. The third-order valence-corrected chi connectivity index (χ3v) is 2.45. The lowest BCUT2D eigenvalue weighted by Gasteiger charge is -2.17. The summed E-state index contributed by atoms with van der Waals surface area (Å²) in [6.45, 7) is 0. The first kappa shape index (κ1) is 14.0. The molecule has 0 atom stereocenters. The molecule has 1 aromatic rings. The molecule has 0 aliphatic heterocycles. The molecule has 5 nitrogen and oxygen atoms in total. The van der Waals surface area contributed by atoms with Gasteiger partial charge in [0, 0.05) is 26.9 Å². The second-order valence-electron chi connectivity index (χ2n) is 4.21. The highest BCUT2D eigenvalue weighted by atomic mass is 16.4. The molecule has 1 amide bonds. The lowest BCUT2D eigenvalue weighted by Crippen LogP contribution is -2.16. The van der Waals surface area contributed by atoms with Crippen LogP contribution >= 0.6 is 0 Å². The maximum absolute atomic E-state index is 11.6. The summed E-state index contributed by atoms with van der Waals surface area (Å²) >= 11 is 0. The van der Waals surface area contributed by atoms with Crippen molar-refractivity contribution in [3.8, 4) is 0 Å². The fourth-order valence-electron chi connectivity index (χ4n) is 1.58. The number of aliphatic carboxylic acids is 1. The monoisotopic (exact) mass is 250 g/mol. The SMILES string of the molecule is CN(C)c1ccccc1NC(=O)CCCC(=O)O. The molecule has 0 spiro atoms. The number of hydrogen-bond acceptors (Lipinski definition) is 3. The predicted octanol–water partition coefficient (Wildman–Crippen LogP) is 1.95. The van der Waals surface area contributed by atoms with Gasteiger partial charge in [0.2, 0.25) is 5.91 Å².